The van der Waals surface area contributed by atoms with Crippen LogP contribution >= 0.6 is 0 Å². The molecular formula is C16H12N2O7. The summed E-state index contributed by atoms with van der Waals surface area (Å²) in [6, 6.07) is 7.59. The van der Waals surface area contributed by atoms with Gasteiger partial charge in [0.05, 0.1) is 17.0 Å². The number of non-ortho nitro benzene ring substituents is 1. The van der Waals surface area contributed by atoms with Crippen molar-refractivity contribution in [3.05, 3.63) is 73.8 Å². The van der Waals surface area contributed by atoms with Crippen molar-refractivity contribution in [3.63, 3.8) is 0 Å². The van der Waals surface area contributed by atoms with Crippen molar-refractivity contribution in [3.8, 4) is 11.5 Å². The third-order valence-corrected chi connectivity index (χ3v) is 3.26. The van der Waals surface area contributed by atoms with Gasteiger partial charge in [0, 0.05) is 23.8 Å². The van der Waals surface area contributed by atoms with E-state index in [0.717, 1.165) is 18.2 Å². The van der Waals surface area contributed by atoms with Gasteiger partial charge in [-0.1, -0.05) is 18.2 Å². The topological polar surface area (TPSA) is 133 Å². The van der Waals surface area contributed by atoms with Crippen LogP contribution in [0.4, 0.5) is 11.4 Å². The van der Waals surface area contributed by atoms with Crippen LogP contribution in [-0.2, 0) is 0 Å². The van der Waals surface area contributed by atoms with Gasteiger partial charge in [0.15, 0.2) is 11.5 Å². The van der Waals surface area contributed by atoms with Crippen molar-refractivity contribution in [1.82, 2.24) is 0 Å². The Labute approximate surface area is 141 Å². The fourth-order valence-electron chi connectivity index (χ4n) is 2.05. The fraction of sp³-hybridized carbons (Fsp3) is 0.0625. The Morgan fingerprint density at radius 3 is 2.48 bits per heavy atom. The predicted octanol–water partition coefficient (Wildman–Crippen LogP) is 3.11. The molecule has 0 fully saturated rings. The first kappa shape index (κ1) is 17.6. The van der Waals surface area contributed by atoms with E-state index in [9.17, 15) is 30.1 Å². The van der Waals surface area contributed by atoms with Gasteiger partial charge in [-0.25, -0.2) is 0 Å². The first-order valence-electron chi connectivity index (χ1n) is 6.85. The Kier molecular flexibility index (Phi) is 5.08. The molecule has 25 heavy (non-hydrogen) atoms. The molecule has 9 nitrogen and oxygen atoms in total. The van der Waals surface area contributed by atoms with E-state index in [0.29, 0.717) is 0 Å². The zero-order chi connectivity index (χ0) is 18.6. The quantitative estimate of drug-likeness (QED) is 0.368. The van der Waals surface area contributed by atoms with E-state index in [1.54, 1.807) is 0 Å². The van der Waals surface area contributed by atoms with Crippen LogP contribution in [0.2, 0.25) is 0 Å². The number of aromatic hydroxyl groups is 1. The minimum absolute atomic E-state index is 0.102. The molecule has 0 amide bonds. The van der Waals surface area contributed by atoms with Crippen LogP contribution in [0.15, 0.2) is 42.5 Å². The number of allylic oxidation sites excluding steroid dienone is 1. The smallest absolute Gasteiger partial charge is 0.315 e. The zero-order valence-electron chi connectivity index (χ0n) is 12.9. The number of ketones is 1. The zero-order valence-corrected chi connectivity index (χ0v) is 12.9. The minimum Gasteiger partial charge on any atom is -0.500 e. The Hall–Kier alpha value is -3.75. The number of phenolic OH excluding ortho intramolecular Hbond substituents is 1. The Balaban J connectivity index is 2.34. The molecule has 0 saturated heterocycles. The van der Waals surface area contributed by atoms with Gasteiger partial charge in [0.25, 0.3) is 5.69 Å². The summed E-state index contributed by atoms with van der Waals surface area (Å²) in [5.41, 5.74) is -0.436. The number of hydrogen-bond acceptors (Lipinski definition) is 7. The third kappa shape index (κ3) is 3.96. The van der Waals surface area contributed by atoms with Gasteiger partial charge < -0.3 is 9.84 Å². The van der Waals surface area contributed by atoms with E-state index >= 15 is 0 Å². The molecule has 128 valence electrons. The Bertz CT molecular complexity index is 890. The summed E-state index contributed by atoms with van der Waals surface area (Å²) in [6.07, 6.45) is 2.41. The first-order chi connectivity index (χ1) is 11.8. The van der Waals surface area contributed by atoms with Crippen LogP contribution < -0.4 is 4.74 Å². The van der Waals surface area contributed by atoms with Gasteiger partial charge in [-0.15, -0.1) is 0 Å². The monoisotopic (exact) mass is 344 g/mol. The summed E-state index contributed by atoms with van der Waals surface area (Å²) < 4.78 is 4.86. The van der Waals surface area contributed by atoms with Crippen molar-refractivity contribution >= 4 is 23.2 Å². The summed E-state index contributed by atoms with van der Waals surface area (Å²) in [6.45, 7) is 0. The van der Waals surface area contributed by atoms with Crippen molar-refractivity contribution in [2.24, 2.45) is 0 Å². The van der Waals surface area contributed by atoms with Gasteiger partial charge in [-0.05, 0) is 17.7 Å². The molecule has 0 atom stereocenters. The fourth-order valence-corrected chi connectivity index (χ4v) is 2.05. The number of carbonyl (C=O) groups is 1. The first-order valence-corrected chi connectivity index (χ1v) is 6.85. The number of carbonyl (C=O) groups excluding carboxylic acids is 1. The molecule has 0 aliphatic heterocycles. The average molecular weight is 344 g/mol. The van der Waals surface area contributed by atoms with Crippen LogP contribution in [0.3, 0.4) is 0 Å². The maximum atomic E-state index is 12.1. The lowest BCUT2D eigenvalue weighted by molar-refractivity contribution is -0.386. The highest BCUT2D eigenvalue weighted by Crippen LogP contribution is 2.37. The second-order valence-electron chi connectivity index (χ2n) is 4.85. The summed E-state index contributed by atoms with van der Waals surface area (Å²) in [4.78, 5) is 32.4. The molecule has 0 heterocycles. The molecule has 2 aromatic carbocycles. The lowest BCUT2D eigenvalue weighted by atomic mass is 10.1. The van der Waals surface area contributed by atoms with E-state index in [-0.39, 0.29) is 22.6 Å². The molecular weight excluding hydrogens is 332 g/mol. The highest BCUT2D eigenvalue weighted by atomic mass is 16.6. The van der Waals surface area contributed by atoms with Crippen molar-refractivity contribution in [2.75, 3.05) is 7.11 Å². The highest BCUT2D eigenvalue weighted by Gasteiger charge is 2.19. The lowest BCUT2D eigenvalue weighted by Crippen LogP contribution is -1.97. The molecule has 2 aromatic rings. The number of hydrogen-bond donors (Lipinski definition) is 1. The molecule has 0 spiro atoms. The van der Waals surface area contributed by atoms with Crippen molar-refractivity contribution in [2.45, 2.75) is 0 Å². The number of ether oxygens (including phenoxy) is 1. The number of phenols is 1. The Morgan fingerprint density at radius 1 is 1.16 bits per heavy atom. The van der Waals surface area contributed by atoms with E-state index in [4.69, 9.17) is 4.74 Å². The van der Waals surface area contributed by atoms with E-state index in [1.165, 1.54) is 37.5 Å². The number of rotatable bonds is 6. The van der Waals surface area contributed by atoms with Crippen molar-refractivity contribution in [1.29, 1.82) is 0 Å². The summed E-state index contributed by atoms with van der Waals surface area (Å²) >= 11 is 0. The Morgan fingerprint density at radius 2 is 1.88 bits per heavy atom. The number of methoxy groups -OCH3 is 1. The van der Waals surface area contributed by atoms with Gasteiger partial charge in [0.1, 0.15) is 0 Å². The van der Waals surface area contributed by atoms with Crippen LogP contribution in [0, 0.1) is 20.2 Å². The number of nitro groups is 2. The summed E-state index contributed by atoms with van der Waals surface area (Å²) in [5, 5.41) is 31.4. The molecule has 0 bridgehead atoms. The van der Waals surface area contributed by atoms with Gasteiger partial charge in [0.2, 0.25) is 5.75 Å². The summed E-state index contributed by atoms with van der Waals surface area (Å²) in [5.74, 6) is -1.25. The van der Waals surface area contributed by atoms with Gasteiger partial charge in [-0.3, -0.25) is 25.0 Å². The van der Waals surface area contributed by atoms with E-state index in [2.05, 4.69) is 0 Å². The van der Waals surface area contributed by atoms with Crippen LogP contribution in [-0.4, -0.2) is 27.8 Å². The maximum Gasteiger partial charge on any atom is 0.315 e. The number of nitro benzene ring substituents is 2. The van der Waals surface area contributed by atoms with Crippen LogP contribution in [0.5, 0.6) is 11.5 Å². The predicted molar refractivity (Wildman–Crippen MR) is 87.8 cm³/mol. The molecule has 0 saturated carbocycles. The minimum atomic E-state index is -0.780. The molecule has 0 aliphatic carbocycles. The molecule has 1 N–H and O–H groups in total. The molecule has 9 heteroatoms. The van der Waals surface area contributed by atoms with Gasteiger partial charge >= 0.3 is 5.69 Å². The number of nitrogens with zero attached hydrogens (tertiary/aromatic N) is 2. The largest absolute Gasteiger partial charge is 0.500 e. The summed E-state index contributed by atoms with van der Waals surface area (Å²) in [7, 11) is 1.24. The average Bonchev–Trinajstić information content (AvgIpc) is 2.60. The van der Waals surface area contributed by atoms with Crippen LogP contribution in [0.1, 0.15) is 15.9 Å². The van der Waals surface area contributed by atoms with E-state index < -0.39 is 27.1 Å². The second-order valence-corrected chi connectivity index (χ2v) is 4.85. The van der Waals surface area contributed by atoms with Crippen LogP contribution in [0.25, 0.3) is 6.08 Å². The molecule has 2 rings (SSSR count). The SMILES string of the molecule is COc1cc(/C=C/C(=O)c2cccc([N+](=O)[O-])c2)cc([N+](=O)[O-])c1O. The van der Waals surface area contributed by atoms with Crippen molar-refractivity contribution < 1.29 is 24.5 Å². The second kappa shape index (κ2) is 7.21. The van der Waals surface area contributed by atoms with E-state index in [1.807, 2.05) is 0 Å². The molecule has 0 aliphatic rings. The number of benzene rings is 2. The standard InChI is InChI=1S/C16H12N2O7/c1-25-15-8-10(7-13(16(15)20)18(23)24)5-6-14(19)11-3-2-4-12(9-11)17(21)22/h2-9,20H,1H3/b6-5+. The molecule has 0 aromatic heterocycles. The molecule has 0 radical (unpaired) electrons. The maximum absolute atomic E-state index is 12.1. The highest BCUT2D eigenvalue weighted by molar-refractivity contribution is 6.07. The lowest BCUT2D eigenvalue weighted by Gasteiger charge is -2.05. The normalized spacial score (nSPS) is 10.6. The molecule has 0 unspecified atom stereocenters. The van der Waals surface area contributed by atoms with Gasteiger partial charge in [-0.2, -0.15) is 0 Å². The third-order valence-electron chi connectivity index (χ3n) is 3.26.